The van der Waals surface area contributed by atoms with Gasteiger partial charge in [0.1, 0.15) is 11.6 Å². The predicted molar refractivity (Wildman–Crippen MR) is 68.7 cm³/mol. The quantitative estimate of drug-likeness (QED) is 0.868. The van der Waals surface area contributed by atoms with Gasteiger partial charge in [-0.2, -0.15) is 0 Å². The summed E-state index contributed by atoms with van der Waals surface area (Å²) in [6, 6.07) is 8.23. The molecule has 0 spiro atoms. The molecule has 2 aromatic heterocycles. The van der Waals surface area contributed by atoms with E-state index in [1.807, 2.05) is 25.1 Å². The minimum Gasteiger partial charge on any atom is -0.360 e. The summed E-state index contributed by atoms with van der Waals surface area (Å²) in [5.74, 6) is 2.28. The van der Waals surface area contributed by atoms with Gasteiger partial charge in [-0.15, -0.1) is 0 Å². The second-order valence-corrected chi connectivity index (χ2v) is 4.54. The van der Waals surface area contributed by atoms with Crippen LogP contribution in [0.25, 0.3) is 0 Å². The van der Waals surface area contributed by atoms with Crippen LogP contribution >= 0.6 is 0 Å². The maximum atomic E-state index is 5.01. The summed E-state index contributed by atoms with van der Waals surface area (Å²) in [6.45, 7) is 2.94. The molecule has 0 bridgehead atoms. The summed E-state index contributed by atoms with van der Waals surface area (Å²) in [4.78, 5) is 4.60. The van der Waals surface area contributed by atoms with Crippen molar-refractivity contribution in [3.8, 4) is 0 Å². The van der Waals surface area contributed by atoms with Crippen molar-refractivity contribution in [2.24, 2.45) is 0 Å². The Kier molecular flexibility index (Phi) is 2.98. The van der Waals surface area contributed by atoms with Crippen LogP contribution < -0.4 is 10.6 Å². The molecule has 3 rings (SSSR count). The zero-order chi connectivity index (χ0) is 12.4. The lowest BCUT2D eigenvalue weighted by Crippen LogP contribution is -2.14. The van der Waals surface area contributed by atoms with Crippen LogP contribution in [0.2, 0.25) is 0 Å². The highest BCUT2D eigenvalue weighted by atomic mass is 16.5. The van der Waals surface area contributed by atoms with E-state index in [1.54, 1.807) is 0 Å². The summed E-state index contributed by atoms with van der Waals surface area (Å²) < 4.78 is 5.01. The third kappa shape index (κ3) is 2.36. The third-order valence-corrected chi connectivity index (χ3v) is 3.07. The number of hydrogen-bond donors (Lipinski definition) is 2. The van der Waals surface area contributed by atoms with E-state index >= 15 is 0 Å². The van der Waals surface area contributed by atoms with E-state index in [2.05, 4.69) is 26.8 Å². The first-order valence-electron chi connectivity index (χ1n) is 6.22. The number of rotatable bonds is 3. The van der Waals surface area contributed by atoms with Gasteiger partial charge in [0.05, 0.1) is 5.69 Å². The van der Waals surface area contributed by atoms with Crippen molar-refractivity contribution in [3.05, 3.63) is 35.7 Å². The van der Waals surface area contributed by atoms with Gasteiger partial charge < -0.3 is 15.2 Å². The number of pyridine rings is 1. The van der Waals surface area contributed by atoms with Crippen molar-refractivity contribution in [3.63, 3.8) is 0 Å². The molecule has 2 aromatic rings. The molecule has 0 amide bonds. The van der Waals surface area contributed by atoms with E-state index in [4.69, 9.17) is 4.52 Å². The van der Waals surface area contributed by atoms with Crippen molar-refractivity contribution in [2.75, 3.05) is 11.9 Å². The van der Waals surface area contributed by atoms with Crippen LogP contribution in [0.4, 0.5) is 11.6 Å². The van der Waals surface area contributed by atoms with Crippen LogP contribution in [0.15, 0.2) is 28.8 Å². The van der Waals surface area contributed by atoms with Gasteiger partial charge >= 0.3 is 0 Å². The standard InChI is InChI=1S/C13H16N4O/c1-9-8-13(17-18-9)16-12-6-2-4-11(15-12)10-5-3-7-14-10/h2,4,6,8,10,14H,3,5,7H2,1H3,(H,15,16,17)/t10-/m1/s1. The summed E-state index contributed by atoms with van der Waals surface area (Å²) in [6.07, 6.45) is 2.37. The Morgan fingerprint density at radius 2 is 2.33 bits per heavy atom. The van der Waals surface area contributed by atoms with Crippen molar-refractivity contribution in [2.45, 2.75) is 25.8 Å². The van der Waals surface area contributed by atoms with Crippen molar-refractivity contribution in [1.82, 2.24) is 15.5 Å². The first kappa shape index (κ1) is 11.2. The molecule has 0 saturated carbocycles. The molecule has 1 atom stereocenters. The van der Waals surface area contributed by atoms with E-state index in [0.717, 1.165) is 30.2 Å². The Balaban J connectivity index is 1.78. The number of nitrogens with one attached hydrogen (secondary N) is 2. The number of aryl methyl sites for hydroxylation is 1. The molecular formula is C13H16N4O. The first-order valence-corrected chi connectivity index (χ1v) is 6.22. The third-order valence-electron chi connectivity index (χ3n) is 3.07. The van der Waals surface area contributed by atoms with Crippen molar-refractivity contribution >= 4 is 11.6 Å². The SMILES string of the molecule is Cc1cc(Nc2cccc([C@H]3CCCN3)n2)no1. The van der Waals surface area contributed by atoms with E-state index in [1.165, 1.54) is 6.42 Å². The Morgan fingerprint density at radius 1 is 1.39 bits per heavy atom. The number of hydrogen-bond acceptors (Lipinski definition) is 5. The molecule has 18 heavy (non-hydrogen) atoms. The highest BCUT2D eigenvalue weighted by molar-refractivity contribution is 5.51. The molecule has 0 aromatic carbocycles. The molecular weight excluding hydrogens is 228 g/mol. The predicted octanol–water partition coefficient (Wildman–Crippen LogP) is 2.55. The van der Waals surface area contributed by atoms with Gasteiger partial charge in [0.25, 0.3) is 0 Å². The molecule has 0 aliphatic carbocycles. The summed E-state index contributed by atoms with van der Waals surface area (Å²) >= 11 is 0. The molecule has 0 unspecified atom stereocenters. The Bertz CT molecular complexity index is 531. The highest BCUT2D eigenvalue weighted by Crippen LogP contribution is 2.23. The molecule has 5 nitrogen and oxygen atoms in total. The zero-order valence-corrected chi connectivity index (χ0v) is 10.3. The van der Waals surface area contributed by atoms with Gasteiger partial charge in [-0.25, -0.2) is 4.98 Å². The summed E-state index contributed by atoms with van der Waals surface area (Å²) in [7, 11) is 0. The lowest BCUT2D eigenvalue weighted by molar-refractivity contribution is 0.400. The second kappa shape index (κ2) is 4.78. The van der Waals surface area contributed by atoms with Gasteiger partial charge in [-0.05, 0) is 38.4 Å². The van der Waals surface area contributed by atoms with Crippen LogP contribution in [0.5, 0.6) is 0 Å². The molecule has 3 heterocycles. The number of aromatic nitrogens is 2. The molecule has 2 N–H and O–H groups in total. The number of anilines is 2. The molecule has 5 heteroatoms. The molecule has 0 radical (unpaired) electrons. The lowest BCUT2D eigenvalue weighted by atomic mass is 10.1. The van der Waals surface area contributed by atoms with Crippen molar-refractivity contribution in [1.29, 1.82) is 0 Å². The molecule has 94 valence electrons. The maximum Gasteiger partial charge on any atom is 0.175 e. The Morgan fingerprint density at radius 3 is 3.06 bits per heavy atom. The van der Waals surface area contributed by atoms with Gasteiger partial charge in [-0.3, -0.25) is 0 Å². The van der Waals surface area contributed by atoms with Gasteiger partial charge in [0.2, 0.25) is 0 Å². The largest absolute Gasteiger partial charge is 0.360 e. The second-order valence-electron chi connectivity index (χ2n) is 4.54. The van der Waals surface area contributed by atoms with Gasteiger partial charge in [0.15, 0.2) is 5.82 Å². The first-order chi connectivity index (χ1) is 8.81. The summed E-state index contributed by atoms with van der Waals surface area (Å²) in [5.41, 5.74) is 1.08. The lowest BCUT2D eigenvalue weighted by Gasteiger charge is -2.10. The molecule has 1 fully saturated rings. The average Bonchev–Trinajstić information content (AvgIpc) is 3.01. The van der Waals surface area contributed by atoms with Crippen LogP contribution in [-0.4, -0.2) is 16.7 Å². The van der Waals surface area contributed by atoms with Gasteiger partial charge in [0, 0.05) is 12.1 Å². The van der Waals surface area contributed by atoms with E-state index in [9.17, 15) is 0 Å². The van der Waals surface area contributed by atoms with Crippen LogP contribution in [0.1, 0.15) is 30.3 Å². The maximum absolute atomic E-state index is 5.01. The smallest absolute Gasteiger partial charge is 0.175 e. The Labute approximate surface area is 106 Å². The van der Waals surface area contributed by atoms with Crippen LogP contribution in [0, 0.1) is 6.92 Å². The topological polar surface area (TPSA) is 63.0 Å². The Hall–Kier alpha value is -1.88. The zero-order valence-electron chi connectivity index (χ0n) is 10.3. The molecule has 1 saturated heterocycles. The number of nitrogens with zero attached hydrogens (tertiary/aromatic N) is 2. The van der Waals surface area contributed by atoms with E-state index in [0.29, 0.717) is 11.9 Å². The van der Waals surface area contributed by atoms with E-state index < -0.39 is 0 Å². The van der Waals surface area contributed by atoms with Crippen LogP contribution in [0.3, 0.4) is 0 Å². The monoisotopic (exact) mass is 244 g/mol. The summed E-state index contributed by atoms with van der Waals surface area (Å²) in [5, 5.41) is 10.5. The van der Waals surface area contributed by atoms with Crippen molar-refractivity contribution < 1.29 is 4.52 Å². The average molecular weight is 244 g/mol. The normalized spacial score (nSPS) is 19.1. The minimum absolute atomic E-state index is 0.380. The van der Waals surface area contributed by atoms with Gasteiger partial charge in [-0.1, -0.05) is 11.2 Å². The minimum atomic E-state index is 0.380. The fraction of sp³-hybridized carbons (Fsp3) is 0.385. The molecule has 1 aliphatic rings. The van der Waals surface area contributed by atoms with Crippen LogP contribution in [-0.2, 0) is 0 Å². The fourth-order valence-electron chi connectivity index (χ4n) is 2.21. The highest BCUT2D eigenvalue weighted by Gasteiger charge is 2.17. The molecule has 1 aliphatic heterocycles. The van der Waals surface area contributed by atoms with E-state index in [-0.39, 0.29) is 0 Å². The fourth-order valence-corrected chi connectivity index (χ4v) is 2.21.